The zero-order valence-corrected chi connectivity index (χ0v) is 8.34. The van der Waals surface area contributed by atoms with E-state index < -0.39 is 6.10 Å². The van der Waals surface area contributed by atoms with Crippen LogP contribution in [0.4, 0.5) is 4.39 Å². The topological polar surface area (TPSA) is 29.5 Å². The molecule has 0 spiro atoms. The molecule has 1 aromatic rings. The van der Waals surface area contributed by atoms with Gasteiger partial charge in [-0.2, -0.15) is 0 Å². The van der Waals surface area contributed by atoms with Crippen LogP contribution in [0.1, 0.15) is 18.1 Å². The van der Waals surface area contributed by atoms with Crippen LogP contribution in [0.3, 0.4) is 0 Å². The number of rotatable bonds is 0. The predicted molar refractivity (Wildman–Crippen MR) is 49.2 cm³/mol. The van der Waals surface area contributed by atoms with Gasteiger partial charge in [0.2, 0.25) is 0 Å². The van der Waals surface area contributed by atoms with Crippen LogP contribution in [0.2, 0.25) is 0 Å². The first-order valence-corrected chi connectivity index (χ1v) is 4.77. The Hall–Kier alpha value is -0.610. The van der Waals surface area contributed by atoms with Gasteiger partial charge in [-0.05, 0) is 22.0 Å². The Morgan fingerprint density at radius 1 is 1.54 bits per heavy atom. The molecule has 2 rings (SSSR count). The lowest BCUT2D eigenvalue weighted by molar-refractivity contribution is 0.115. The van der Waals surface area contributed by atoms with Crippen LogP contribution in [-0.2, 0) is 0 Å². The second-order valence-corrected chi connectivity index (χ2v) is 3.81. The molecule has 0 bridgehead atoms. The maximum atomic E-state index is 13.0. The molecule has 0 aliphatic carbocycles. The zero-order chi connectivity index (χ0) is 9.42. The van der Waals surface area contributed by atoms with Gasteiger partial charge in [0.15, 0.2) is 0 Å². The van der Waals surface area contributed by atoms with Gasteiger partial charge < -0.3 is 9.84 Å². The van der Waals surface area contributed by atoms with E-state index in [0.717, 1.165) is 0 Å². The molecule has 1 heterocycles. The van der Waals surface area contributed by atoms with Crippen LogP contribution in [0.15, 0.2) is 16.6 Å². The van der Waals surface area contributed by atoms with Gasteiger partial charge in [0.05, 0.1) is 17.2 Å². The Morgan fingerprint density at radius 3 is 3.08 bits per heavy atom. The molecule has 1 atom stereocenters. The maximum absolute atomic E-state index is 13.0. The van der Waals surface area contributed by atoms with Gasteiger partial charge in [0.25, 0.3) is 0 Å². The number of aliphatic hydroxyl groups is 1. The van der Waals surface area contributed by atoms with Gasteiger partial charge in [0, 0.05) is 18.1 Å². The molecule has 1 N–H and O–H groups in total. The van der Waals surface area contributed by atoms with Crippen LogP contribution >= 0.6 is 15.9 Å². The number of hydrogen-bond acceptors (Lipinski definition) is 2. The summed E-state index contributed by atoms with van der Waals surface area (Å²) in [6.45, 7) is 0.440. The highest BCUT2D eigenvalue weighted by molar-refractivity contribution is 9.10. The van der Waals surface area contributed by atoms with E-state index in [4.69, 9.17) is 4.74 Å². The predicted octanol–water partition coefficient (Wildman–Crippen LogP) is 2.40. The fourth-order valence-electron chi connectivity index (χ4n) is 1.37. The summed E-state index contributed by atoms with van der Waals surface area (Å²) in [4.78, 5) is 0. The maximum Gasteiger partial charge on any atom is 0.141 e. The number of halogens is 2. The Kier molecular flexibility index (Phi) is 2.26. The zero-order valence-electron chi connectivity index (χ0n) is 6.76. The van der Waals surface area contributed by atoms with Gasteiger partial charge in [0.1, 0.15) is 11.6 Å². The van der Waals surface area contributed by atoms with E-state index in [1.54, 1.807) is 6.07 Å². The molecule has 0 amide bonds. The van der Waals surface area contributed by atoms with Crippen molar-refractivity contribution in [3.8, 4) is 5.75 Å². The molecule has 1 aromatic carbocycles. The second-order valence-electron chi connectivity index (χ2n) is 2.96. The van der Waals surface area contributed by atoms with Gasteiger partial charge in [-0.1, -0.05) is 0 Å². The molecule has 0 saturated carbocycles. The molecule has 0 saturated heterocycles. The summed E-state index contributed by atoms with van der Waals surface area (Å²) in [5.74, 6) is 0.0762. The number of benzene rings is 1. The molecule has 13 heavy (non-hydrogen) atoms. The third kappa shape index (κ3) is 1.56. The van der Waals surface area contributed by atoms with Gasteiger partial charge >= 0.3 is 0 Å². The van der Waals surface area contributed by atoms with Crippen LogP contribution < -0.4 is 4.74 Å². The molecule has 4 heteroatoms. The molecule has 1 unspecified atom stereocenters. The normalized spacial score (nSPS) is 20.7. The molecule has 1 aliphatic rings. The second kappa shape index (κ2) is 3.27. The summed E-state index contributed by atoms with van der Waals surface area (Å²) >= 11 is 3.06. The molecule has 2 nitrogen and oxygen atoms in total. The first-order chi connectivity index (χ1) is 6.18. The fourth-order valence-corrected chi connectivity index (χ4v) is 1.73. The molecular weight excluding hydrogens is 239 g/mol. The van der Waals surface area contributed by atoms with Gasteiger partial charge in [-0.3, -0.25) is 0 Å². The van der Waals surface area contributed by atoms with Crippen molar-refractivity contribution in [3.05, 3.63) is 28.0 Å². The minimum Gasteiger partial charge on any atom is -0.493 e. The van der Waals surface area contributed by atoms with Crippen LogP contribution in [0, 0.1) is 5.82 Å². The first kappa shape index (κ1) is 8.97. The SMILES string of the molecule is OC1CCOc2cc(F)c(Br)cc21. The standard InChI is InChI=1S/C9H8BrFO2/c10-6-3-5-8(12)1-2-13-9(5)4-7(6)11/h3-4,8,12H,1-2H2. The Bertz CT molecular complexity index is 341. The van der Waals surface area contributed by atoms with E-state index in [1.165, 1.54) is 6.07 Å². The molecule has 70 valence electrons. The van der Waals surface area contributed by atoms with Gasteiger partial charge in [-0.15, -0.1) is 0 Å². The van der Waals surface area contributed by atoms with Crippen molar-refractivity contribution in [1.82, 2.24) is 0 Å². The highest BCUT2D eigenvalue weighted by atomic mass is 79.9. The van der Waals surface area contributed by atoms with E-state index in [-0.39, 0.29) is 5.82 Å². The number of ether oxygens (including phenoxy) is 1. The van der Waals surface area contributed by atoms with E-state index >= 15 is 0 Å². The molecular formula is C9H8BrFO2. The Morgan fingerprint density at radius 2 is 2.31 bits per heavy atom. The number of hydrogen-bond donors (Lipinski definition) is 1. The summed E-state index contributed by atoms with van der Waals surface area (Å²) in [7, 11) is 0. The van der Waals surface area contributed by atoms with Crippen LogP contribution in [-0.4, -0.2) is 11.7 Å². The lowest BCUT2D eigenvalue weighted by atomic mass is 10.0. The average molecular weight is 247 g/mol. The van der Waals surface area contributed by atoms with Crippen molar-refractivity contribution in [2.45, 2.75) is 12.5 Å². The first-order valence-electron chi connectivity index (χ1n) is 3.98. The van der Waals surface area contributed by atoms with Crippen molar-refractivity contribution >= 4 is 15.9 Å². The van der Waals surface area contributed by atoms with Crippen LogP contribution in [0.25, 0.3) is 0 Å². The minimum absolute atomic E-state index is 0.357. The van der Waals surface area contributed by atoms with Crippen molar-refractivity contribution in [2.24, 2.45) is 0 Å². The number of aliphatic hydroxyl groups excluding tert-OH is 1. The highest BCUT2D eigenvalue weighted by Gasteiger charge is 2.20. The fraction of sp³-hybridized carbons (Fsp3) is 0.333. The smallest absolute Gasteiger partial charge is 0.141 e. The quantitative estimate of drug-likeness (QED) is 0.762. The monoisotopic (exact) mass is 246 g/mol. The average Bonchev–Trinajstić information content (AvgIpc) is 2.09. The summed E-state index contributed by atoms with van der Waals surface area (Å²) in [6.07, 6.45) is 0.0195. The van der Waals surface area contributed by atoms with E-state index in [1.807, 2.05) is 0 Å². The summed E-state index contributed by atoms with van der Waals surface area (Å²) in [5, 5.41) is 9.55. The lowest BCUT2D eigenvalue weighted by Crippen LogP contribution is -2.13. The minimum atomic E-state index is -0.541. The summed E-state index contributed by atoms with van der Waals surface area (Å²) in [6, 6.07) is 2.86. The molecule has 0 fully saturated rings. The Labute approximate surface area is 83.5 Å². The molecule has 0 aromatic heterocycles. The largest absolute Gasteiger partial charge is 0.493 e. The van der Waals surface area contributed by atoms with Gasteiger partial charge in [-0.25, -0.2) is 4.39 Å². The highest BCUT2D eigenvalue weighted by Crippen LogP contribution is 2.35. The van der Waals surface area contributed by atoms with E-state index in [0.29, 0.717) is 28.8 Å². The summed E-state index contributed by atoms with van der Waals surface area (Å²) in [5.41, 5.74) is 0.652. The van der Waals surface area contributed by atoms with Crippen LogP contribution in [0.5, 0.6) is 5.75 Å². The Balaban J connectivity index is 2.52. The van der Waals surface area contributed by atoms with Crippen molar-refractivity contribution in [1.29, 1.82) is 0 Å². The molecule has 0 radical (unpaired) electrons. The molecule has 1 aliphatic heterocycles. The lowest BCUT2D eigenvalue weighted by Gasteiger charge is -2.22. The van der Waals surface area contributed by atoms with Crippen molar-refractivity contribution in [3.63, 3.8) is 0 Å². The van der Waals surface area contributed by atoms with E-state index in [9.17, 15) is 9.50 Å². The van der Waals surface area contributed by atoms with Crippen molar-refractivity contribution < 1.29 is 14.2 Å². The third-order valence-corrected chi connectivity index (χ3v) is 2.67. The van der Waals surface area contributed by atoms with Crippen molar-refractivity contribution in [2.75, 3.05) is 6.61 Å². The van der Waals surface area contributed by atoms with E-state index in [2.05, 4.69) is 15.9 Å². The number of fused-ring (bicyclic) bond motifs is 1. The third-order valence-electron chi connectivity index (χ3n) is 2.06. The summed E-state index contributed by atoms with van der Waals surface area (Å²) < 4.78 is 18.6.